The molecule has 152 valence electrons. The maximum absolute atomic E-state index is 12.1. The van der Waals surface area contributed by atoms with Crippen molar-refractivity contribution < 1.29 is 19.4 Å². The van der Waals surface area contributed by atoms with Crippen LogP contribution in [-0.4, -0.2) is 40.5 Å². The van der Waals surface area contributed by atoms with Crippen molar-refractivity contribution in [3.63, 3.8) is 0 Å². The van der Waals surface area contributed by atoms with E-state index in [0.29, 0.717) is 39.5 Å². The van der Waals surface area contributed by atoms with Crippen molar-refractivity contribution in [2.75, 3.05) is 14.2 Å². The highest BCUT2D eigenvalue weighted by atomic mass is 16.5. The number of ether oxygens (including phenoxy) is 2. The van der Waals surface area contributed by atoms with Crippen LogP contribution >= 0.6 is 0 Å². The summed E-state index contributed by atoms with van der Waals surface area (Å²) in [6, 6.07) is 14.8. The highest BCUT2D eigenvalue weighted by molar-refractivity contribution is 6.08. The van der Waals surface area contributed by atoms with Gasteiger partial charge in [-0.05, 0) is 36.2 Å². The molecule has 0 saturated heterocycles. The molecule has 0 aliphatic carbocycles. The van der Waals surface area contributed by atoms with Gasteiger partial charge in [0.05, 0.1) is 36.6 Å². The summed E-state index contributed by atoms with van der Waals surface area (Å²) in [5.41, 5.74) is 4.18. The van der Waals surface area contributed by atoms with Gasteiger partial charge < -0.3 is 14.6 Å². The molecular weight excluding hydrogens is 382 g/mol. The Morgan fingerprint density at radius 3 is 2.47 bits per heavy atom. The third-order valence-electron chi connectivity index (χ3n) is 5.09. The van der Waals surface area contributed by atoms with Gasteiger partial charge in [0.2, 0.25) is 0 Å². The summed E-state index contributed by atoms with van der Waals surface area (Å²) in [6.45, 7) is 2.08. The minimum Gasteiger partial charge on any atom is -0.497 e. The van der Waals surface area contributed by atoms with Crippen LogP contribution in [0.1, 0.15) is 22.8 Å². The number of carbonyl (C=O) groups is 1. The lowest BCUT2D eigenvalue weighted by molar-refractivity contribution is 0.0699. The average Bonchev–Trinajstić information content (AvgIpc) is 3.21. The maximum atomic E-state index is 12.1. The molecule has 0 atom stereocenters. The van der Waals surface area contributed by atoms with E-state index in [0.717, 1.165) is 12.0 Å². The lowest BCUT2D eigenvalue weighted by atomic mass is 10.0. The van der Waals surface area contributed by atoms with Crippen molar-refractivity contribution in [2.45, 2.75) is 13.3 Å². The Morgan fingerprint density at radius 2 is 1.83 bits per heavy atom. The maximum Gasteiger partial charge on any atom is 0.336 e. The quantitative estimate of drug-likeness (QED) is 0.489. The molecule has 30 heavy (non-hydrogen) atoms. The molecule has 4 rings (SSSR count). The van der Waals surface area contributed by atoms with E-state index >= 15 is 0 Å². The molecule has 0 fully saturated rings. The number of pyridine rings is 1. The van der Waals surface area contributed by atoms with Gasteiger partial charge in [0, 0.05) is 11.1 Å². The molecule has 0 unspecified atom stereocenters. The molecule has 0 spiro atoms. The Labute approximate surface area is 173 Å². The Bertz CT molecular complexity index is 1230. The van der Waals surface area contributed by atoms with E-state index in [1.54, 1.807) is 38.5 Å². The number of fused-ring (bicyclic) bond motifs is 1. The lowest BCUT2D eigenvalue weighted by Crippen LogP contribution is -2.01. The van der Waals surface area contributed by atoms with Crippen molar-refractivity contribution in [3.05, 3.63) is 59.7 Å². The molecule has 7 nitrogen and oxygen atoms in total. The molecule has 2 heterocycles. The van der Waals surface area contributed by atoms with E-state index in [4.69, 9.17) is 9.47 Å². The molecule has 4 aromatic rings. The average molecular weight is 403 g/mol. The molecule has 0 bridgehead atoms. The van der Waals surface area contributed by atoms with Crippen LogP contribution in [0.5, 0.6) is 11.5 Å². The van der Waals surface area contributed by atoms with Crippen molar-refractivity contribution in [3.8, 4) is 34.0 Å². The van der Waals surface area contributed by atoms with E-state index in [2.05, 4.69) is 22.1 Å². The summed E-state index contributed by atoms with van der Waals surface area (Å²) >= 11 is 0. The first kappa shape index (κ1) is 19.4. The fourth-order valence-corrected chi connectivity index (χ4v) is 3.46. The van der Waals surface area contributed by atoms with Crippen LogP contribution in [0.3, 0.4) is 0 Å². The van der Waals surface area contributed by atoms with Crippen LogP contribution in [0.15, 0.2) is 48.5 Å². The van der Waals surface area contributed by atoms with Crippen LogP contribution in [-0.2, 0) is 6.42 Å². The number of aromatic carboxylic acids is 1. The Morgan fingerprint density at radius 1 is 1.07 bits per heavy atom. The molecule has 2 N–H and O–H groups in total. The first-order valence-electron chi connectivity index (χ1n) is 9.49. The summed E-state index contributed by atoms with van der Waals surface area (Å²) in [5.74, 6) is 0.117. The van der Waals surface area contributed by atoms with E-state index in [-0.39, 0.29) is 5.56 Å². The van der Waals surface area contributed by atoms with E-state index in [1.165, 1.54) is 5.56 Å². The fourth-order valence-electron chi connectivity index (χ4n) is 3.46. The Hall–Kier alpha value is -3.87. The van der Waals surface area contributed by atoms with E-state index in [9.17, 15) is 9.90 Å². The lowest BCUT2D eigenvalue weighted by Gasteiger charge is -2.11. The molecule has 0 aliphatic rings. The number of aromatic amines is 1. The number of aryl methyl sites for hydroxylation is 1. The Kier molecular flexibility index (Phi) is 5.10. The fraction of sp³-hybridized carbons (Fsp3) is 0.174. The summed E-state index contributed by atoms with van der Waals surface area (Å²) in [4.78, 5) is 16.7. The van der Waals surface area contributed by atoms with Crippen LogP contribution in [0, 0.1) is 0 Å². The summed E-state index contributed by atoms with van der Waals surface area (Å²) in [6.07, 6.45) is 0.928. The van der Waals surface area contributed by atoms with Gasteiger partial charge in [-0.15, -0.1) is 0 Å². The van der Waals surface area contributed by atoms with Crippen LogP contribution < -0.4 is 9.47 Å². The van der Waals surface area contributed by atoms with Crippen LogP contribution in [0.25, 0.3) is 33.5 Å². The minimum absolute atomic E-state index is 0.114. The second kappa shape index (κ2) is 7.87. The smallest absolute Gasteiger partial charge is 0.336 e. The topological polar surface area (TPSA) is 97.3 Å². The molecular formula is C23H21N3O4. The Balaban J connectivity index is 1.93. The van der Waals surface area contributed by atoms with Gasteiger partial charge in [0.1, 0.15) is 11.5 Å². The first-order chi connectivity index (χ1) is 14.5. The van der Waals surface area contributed by atoms with Crippen molar-refractivity contribution in [1.82, 2.24) is 15.2 Å². The van der Waals surface area contributed by atoms with Gasteiger partial charge in [-0.3, -0.25) is 5.10 Å². The van der Waals surface area contributed by atoms with Crippen molar-refractivity contribution >= 4 is 17.0 Å². The number of hydrogen-bond donors (Lipinski definition) is 2. The number of hydrogen-bond acceptors (Lipinski definition) is 5. The number of rotatable bonds is 6. The predicted octanol–water partition coefficient (Wildman–Crippen LogP) is 4.57. The van der Waals surface area contributed by atoms with Gasteiger partial charge >= 0.3 is 5.97 Å². The number of carboxylic acid groups (broad SMARTS) is 1. The van der Waals surface area contributed by atoms with E-state index < -0.39 is 5.97 Å². The summed E-state index contributed by atoms with van der Waals surface area (Å²) in [5, 5.41) is 17.7. The van der Waals surface area contributed by atoms with Crippen LogP contribution in [0.2, 0.25) is 0 Å². The van der Waals surface area contributed by atoms with E-state index in [1.807, 2.05) is 24.3 Å². The van der Waals surface area contributed by atoms with Crippen LogP contribution in [0.4, 0.5) is 0 Å². The number of methoxy groups -OCH3 is 2. The molecule has 0 saturated carbocycles. The second-order valence-electron chi connectivity index (χ2n) is 6.77. The zero-order chi connectivity index (χ0) is 21.3. The third-order valence-corrected chi connectivity index (χ3v) is 5.09. The number of nitrogens with zero attached hydrogens (tertiary/aromatic N) is 2. The minimum atomic E-state index is -1.06. The largest absolute Gasteiger partial charge is 0.497 e. The molecule has 0 amide bonds. The number of H-pyrrole nitrogens is 1. The zero-order valence-corrected chi connectivity index (χ0v) is 16.9. The normalized spacial score (nSPS) is 10.9. The highest BCUT2D eigenvalue weighted by Crippen LogP contribution is 2.36. The SMILES string of the molecule is CCc1ccc(-c2[nH]nc3nc(-c4cc(OC)ccc4OC)cc(C(=O)O)c23)cc1. The highest BCUT2D eigenvalue weighted by Gasteiger charge is 2.21. The van der Waals surface area contributed by atoms with Gasteiger partial charge in [-0.25, -0.2) is 9.78 Å². The van der Waals surface area contributed by atoms with Gasteiger partial charge in [0.15, 0.2) is 5.65 Å². The van der Waals surface area contributed by atoms with Gasteiger partial charge in [-0.2, -0.15) is 5.10 Å². The molecule has 2 aromatic carbocycles. The van der Waals surface area contributed by atoms with Gasteiger partial charge in [0.25, 0.3) is 0 Å². The summed E-state index contributed by atoms with van der Waals surface area (Å²) < 4.78 is 10.7. The number of nitrogens with one attached hydrogen (secondary N) is 1. The first-order valence-corrected chi connectivity index (χ1v) is 9.49. The van der Waals surface area contributed by atoms with Crippen molar-refractivity contribution in [1.29, 1.82) is 0 Å². The number of benzene rings is 2. The van der Waals surface area contributed by atoms with Gasteiger partial charge in [-0.1, -0.05) is 31.2 Å². The molecule has 0 aliphatic heterocycles. The summed E-state index contributed by atoms with van der Waals surface area (Å²) in [7, 11) is 3.11. The van der Waals surface area contributed by atoms with Crippen molar-refractivity contribution in [2.24, 2.45) is 0 Å². The monoisotopic (exact) mass is 403 g/mol. The number of aromatic nitrogens is 3. The standard InChI is InChI=1S/C23H21N3O4/c1-4-13-5-7-14(8-6-13)21-20-17(23(27)28)12-18(24-22(20)26-25-21)16-11-15(29-2)9-10-19(16)30-3/h5-12H,4H2,1-3H3,(H,27,28)(H,24,25,26). The second-order valence-corrected chi connectivity index (χ2v) is 6.77. The predicted molar refractivity (Wildman–Crippen MR) is 114 cm³/mol. The molecule has 7 heteroatoms. The number of carboxylic acids is 1. The molecule has 0 radical (unpaired) electrons. The third kappa shape index (κ3) is 3.34. The zero-order valence-electron chi connectivity index (χ0n) is 16.9. The molecule has 2 aromatic heterocycles.